The average Bonchev–Trinajstić information content (AvgIpc) is 2.26. The van der Waals surface area contributed by atoms with E-state index in [0.29, 0.717) is 11.3 Å². The summed E-state index contributed by atoms with van der Waals surface area (Å²) in [5.74, 6) is 0.489. The smallest absolute Gasteiger partial charge is 0.145 e. The van der Waals surface area contributed by atoms with E-state index in [1.807, 2.05) is 0 Å². The molecule has 14 heavy (non-hydrogen) atoms. The molecule has 0 amide bonds. The molecule has 0 unspecified atom stereocenters. The van der Waals surface area contributed by atoms with E-state index in [1.54, 1.807) is 24.3 Å². The number of hydrogen-bond acceptors (Lipinski definition) is 4. The average molecular weight is 198 g/mol. The molecule has 4 nitrogen and oxygen atoms in total. The molecule has 1 rings (SSSR count). The van der Waals surface area contributed by atoms with Gasteiger partial charge in [-0.05, 0) is 6.07 Å². The van der Waals surface area contributed by atoms with E-state index >= 15 is 0 Å². The summed E-state index contributed by atoms with van der Waals surface area (Å²) >= 11 is 0. The number of hydrogen-bond donors (Lipinski definition) is 3. The predicted molar refractivity (Wildman–Crippen MR) is 51.0 cm³/mol. The molecule has 0 aromatic heterocycles. The lowest BCUT2D eigenvalue weighted by molar-refractivity contribution is 0.0612. The third-order valence-electron chi connectivity index (χ3n) is 1.84. The zero-order chi connectivity index (χ0) is 10.4. The second kappa shape index (κ2) is 5.59. The normalized spacial score (nSPS) is 10.6. The van der Waals surface area contributed by atoms with Crippen LogP contribution < -0.4 is 4.74 Å². The number of para-hydroxylation sites is 1. The number of rotatable bonds is 5. The summed E-state index contributed by atoms with van der Waals surface area (Å²) in [5.41, 5.74) is 0.638. The van der Waals surface area contributed by atoms with Crippen LogP contribution in [0, 0.1) is 0 Å². The zero-order valence-electron chi connectivity index (χ0n) is 7.76. The molecule has 0 bridgehead atoms. The minimum absolute atomic E-state index is 0.125. The summed E-state index contributed by atoms with van der Waals surface area (Å²) in [5, 5.41) is 26.6. The molecule has 1 aromatic carbocycles. The third-order valence-corrected chi connectivity index (χ3v) is 1.84. The predicted octanol–water partition coefficient (Wildman–Crippen LogP) is -0.0891. The lowest BCUT2D eigenvalue weighted by Crippen LogP contribution is -2.25. The molecule has 78 valence electrons. The molecule has 0 aliphatic heterocycles. The van der Waals surface area contributed by atoms with Crippen molar-refractivity contribution in [2.75, 3.05) is 13.2 Å². The lowest BCUT2D eigenvalue weighted by atomic mass is 10.2. The monoisotopic (exact) mass is 198 g/mol. The Morgan fingerprint density at radius 3 is 2.29 bits per heavy atom. The fourth-order valence-electron chi connectivity index (χ4n) is 1.06. The number of benzene rings is 1. The summed E-state index contributed by atoms with van der Waals surface area (Å²) in [6, 6.07) is 6.95. The van der Waals surface area contributed by atoms with Crippen LogP contribution in [0.5, 0.6) is 5.75 Å². The molecule has 4 heteroatoms. The first-order chi connectivity index (χ1) is 6.81. The SMILES string of the molecule is OCc1ccccc1OC(CO)CO. The molecule has 0 heterocycles. The van der Waals surface area contributed by atoms with E-state index in [9.17, 15) is 0 Å². The molecule has 0 radical (unpaired) electrons. The van der Waals surface area contributed by atoms with Gasteiger partial charge in [-0.25, -0.2) is 0 Å². The summed E-state index contributed by atoms with van der Waals surface area (Å²) in [6.07, 6.45) is -0.636. The highest BCUT2D eigenvalue weighted by molar-refractivity contribution is 5.32. The van der Waals surface area contributed by atoms with Crippen molar-refractivity contribution in [1.82, 2.24) is 0 Å². The topological polar surface area (TPSA) is 69.9 Å². The van der Waals surface area contributed by atoms with Gasteiger partial charge in [-0.2, -0.15) is 0 Å². The van der Waals surface area contributed by atoms with Crippen molar-refractivity contribution in [3.05, 3.63) is 29.8 Å². The minimum Gasteiger partial charge on any atom is -0.485 e. The van der Waals surface area contributed by atoms with Gasteiger partial charge in [0.05, 0.1) is 19.8 Å². The van der Waals surface area contributed by atoms with E-state index in [2.05, 4.69) is 0 Å². The molecule has 0 atom stereocenters. The second-order valence-electron chi connectivity index (χ2n) is 2.87. The van der Waals surface area contributed by atoms with E-state index in [-0.39, 0.29) is 19.8 Å². The number of aliphatic hydroxyl groups excluding tert-OH is 3. The number of ether oxygens (including phenoxy) is 1. The minimum atomic E-state index is -0.636. The van der Waals surface area contributed by atoms with Crippen molar-refractivity contribution >= 4 is 0 Å². The Kier molecular flexibility index (Phi) is 4.39. The van der Waals surface area contributed by atoms with Crippen molar-refractivity contribution in [2.45, 2.75) is 12.7 Å². The van der Waals surface area contributed by atoms with Crippen molar-refractivity contribution in [1.29, 1.82) is 0 Å². The van der Waals surface area contributed by atoms with Crippen molar-refractivity contribution in [3.63, 3.8) is 0 Å². The quantitative estimate of drug-likeness (QED) is 0.618. The molecule has 3 N–H and O–H groups in total. The van der Waals surface area contributed by atoms with Crippen LogP contribution in [-0.4, -0.2) is 34.6 Å². The third kappa shape index (κ3) is 2.70. The van der Waals surface area contributed by atoms with Crippen LogP contribution in [0.4, 0.5) is 0 Å². The second-order valence-corrected chi connectivity index (χ2v) is 2.87. The van der Waals surface area contributed by atoms with Gasteiger partial charge in [0.25, 0.3) is 0 Å². The summed E-state index contributed by atoms with van der Waals surface area (Å²) in [7, 11) is 0. The Balaban J connectivity index is 2.74. The molecule has 1 aromatic rings. The Labute approximate surface area is 82.4 Å². The van der Waals surface area contributed by atoms with Crippen LogP contribution >= 0.6 is 0 Å². The van der Waals surface area contributed by atoms with Gasteiger partial charge >= 0.3 is 0 Å². The van der Waals surface area contributed by atoms with Crippen LogP contribution in [-0.2, 0) is 6.61 Å². The van der Waals surface area contributed by atoms with E-state index in [1.165, 1.54) is 0 Å². The molecule has 0 aliphatic carbocycles. The van der Waals surface area contributed by atoms with Crippen LogP contribution in [0.25, 0.3) is 0 Å². The molecule has 0 saturated carbocycles. The standard InChI is InChI=1S/C10H14O4/c11-5-8-3-1-2-4-10(8)14-9(6-12)7-13/h1-4,9,11-13H,5-7H2. The van der Waals surface area contributed by atoms with Crippen molar-refractivity contribution in [3.8, 4) is 5.75 Å². The van der Waals surface area contributed by atoms with Gasteiger partial charge in [-0.1, -0.05) is 18.2 Å². The summed E-state index contributed by atoms with van der Waals surface area (Å²) in [4.78, 5) is 0. The largest absolute Gasteiger partial charge is 0.485 e. The zero-order valence-corrected chi connectivity index (χ0v) is 7.76. The Morgan fingerprint density at radius 2 is 1.71 bits per heavy atom. The van der Waals surface area contributed by atoms with E-state index in [4.69, 9.17) is 20.1 Å². The first-order valence-corrected chi connectivity index (χ1v) is 4.39. The van der Waals surface area contributed by atoms with Crippen LogP contribution in [0.2, 0.25) is 0 Å². The molecular weight excluding hydrogens is 184 g/mol. The molecular formula is C10H14O4. The van der Waals surface area contributed by atoms with Crippen molar-refractivity contribution in [2.24, 2.45) is 0 Å². The van der Waals surface area contributed by atoms with Gasteiger partial charge in [-0.15, -0.1) is 0 Å². The fourth-order valence-corrected chi connectivity index (χ4v) is 1.06. The van der Waals surface area contributed by atoms with Crippen LogP contribution in [0.3, 0.4) is 0 Å². The van der Waals surface area contributed by atoms with Gasteiger partial charge in [0.15, 0.2) is 0 Å². The lowest BCUT2D eigenvalue weighted by Gasteiger charge is -2.16. The Morgan fingerprint density at radius 1 is 1.07 bits per heavy atom. The maximum absolute atomic E-state index is 8.97. The first-order valence-electron chi connectivity index (χ1n) is 4.39. The van der Waals surface area contributed by atoms with Gasteiger partial charge < -0.3 is 20.1 Å². The van der Waals surface area contributed by atoms with Gasteiger partial charge in [-0.3, -0.25) is 0 Å². The van der Waals surface area contributed by atoms with Crippen LogP contribution in [0.15, 0.2) is 24.3 Å². The van der Waals surface area contributed by atoms with Crippen molar-refractivity contribution < 1.29 is 20.1 Å². The number of aliphatic hydroxyl groups is 3. The molecule has 0 fully saturated rings. The molecule has 0 spiro atoms. The Hall–Kier alpha value is -1.10. The highest BCUT2D eigenvalue weighted by Crippen LogP contribution is 2.18. The highest BCUT2D eigenvalue weighted by atomic mass is 16.5. The first kappa shape index (κ1) is 11.0. The van der Waals surface area contributed by atoms with E-state index < -0.39 is 6.10 Å². The van der Waals surface area contributed by atoms with Crippen LogP contribution in [0.1, 0.15) is 5.56 Å². The molecule has 0 saturated heterocycles. The summed E-state index contributed by atoms with van der Waals surface area (Å²) < 4.78 is 5.27. The Bertz CT molecular complexity index is 271. The summed E-state index contributed by atoms with van der Waals surface area (Å²) in [6.45, 7) is -0.633. The maximum atomic E-state index is 8.97. The fraction of sp³-hybridized carbons (Fsp3) is 0.400. The van der Waals surface area contributed by atoms with Gasteiger partial charge in [0, 0.05) is 5.56 Å². The highest BCUT2D eigenvalue weighted by Gasteiger charge is 2.09. The maximum Gasteiger partial charge on any atom is 0.145 e. The van der Waals surface area contributed by atoms with Gasteiger partial charge in [0.1, 0.15) is 11.9 Å². The van der Waals surface area contributed by atoms with E-state index in [0.717, 1.165) is 0 Å². The molecule has 0 aliphatic rings. The van der Waals surface area contributed by atoms with Gasteiger partial charge in [0.2, 0.25) is 0 Å².